The van der Waals surface area contributed by atoms with Gasteiger partial charge in [-0.3, -0.25) is 5.43 Å². The van der Waals surface area contributed by atoms with Gasteiger partial charge in [-0.1, -0.05) is 18.2 Å². The van der Waals surface area contributed by atoms with Crippen LogP contribution in [0.15, 0.2) is 64.6 Å². The van der Waals surface area contributed by atoms with E-state index in [-0.39, 0.29) is 15.8 Å². The Morgan fingerprint density at radius 1 is 1.14 bits per heavy atom. The van der Waals surface area contributed by atoms with Crippen LogP contribution < -0.4 is 15.3 Å². The van der Waals surface area contributed by atoms with Gasteiger partial charge in [0.25, 0.3) is 0 Å². The molecule has 0 aliphatic carbocycles. The first-order chi connectivity index (χ1) is 10.5. The third-order valence-corrected chi connectivity index (χ3v) is 3.86. The van der Waals surface area contributed by atoms with Crippen molar-refractivity contribution in [2.24, 2.45) is 10.8 Å². The predicted octanol–water partition coefficient (Wildman–Crippen LogP) is 1.62. The lowest BCUT2D eigenvalue weighted by atomic mass is 10.2. The topological polar surface area (TPSA) is 93.8 Å². The van der Waals surface area contributed by atoms with E-state index in [9.17, 15) is 8.42 Å². The molecule has 0 atom stereocenters. The number of benzene rings is 2. The van der Waals surface area contributed by atoms with Crippen LogP contribution in [0.4, 0.5) is 0 Å². The first-order valence-corrected chi connectivity index (χ1v) is 7.97. The molecule has 0 bridgehead atoms. The summed E-state index contributed by atoms with van der Waals surface area (Å²) in [5.41, 5.74) is 8.37. The maximum absolute atomic E-state index is 12.0. The maximum atomic E-state index is 12.0. The van der Waals surface area contributed by atoms with Crippen molar-refractivity contribution in [1.29, 1.82) is 0 Å². The summed E-state index contributed by atoms with van der Waals surface area (Å²) in [5, 5.41) is 3.85. The van der Waals surface area contributed by atoms with Gasteiger partial charge in [0, 0.05) is 0 Å². The fourth-order valence-electron chi connectivity index (χ4n) is 1.54. The minimum Gasteiger partial charge on any atom is -0.379 e. The third-order valence-electron chi connectivity index (χ3n) is 2.51. The van der Waals surface area contributed by atoms with E-state index < -0.39 is 10.1 Å². The molecule has 0 amide bonds. The molecule has 0 saturated carbocycles. The summed E-state index contributed by atoms with van der Waals surface area (Å²) in [6, 6.07) is 14.3. The molecule has 22 heavy (non-hydrogen) atoms. The zero-order valence-corrected chi connectivity index (χ0v) is 13.0. The molecule has 0 spiro atoms. The lowest BCUT2D eigenvalue weighted by molar-refractivity contribution is 0.486. The Bertz CT molecular complexity index is 773. The average molecular weight is 335 g/mol. The molecule has 6 nitrogen and oxygen atoms in total. The van der Waals surface area contributed by atoms with E-state index in [1.165, 1.54) is 30.5 Å². The van der Waals surface area contributed by atoms with E-state index in [0.29, 0.717) is 0 Å². The Morgan fingerprint density at radius 2 is 1.77 bits per heavy atom. The van der Waals surface area contributed by atoms with Crippen LogP contribution in [-0.4, -0.2) is 19.7 Å². The van der Waals surface area contributed by atoms with Crippen molar-refractivity contribution < 1.29 is 12.6 Å². The average Bonchev–Trinajstić information content (AvgIpc) is 2.49. The highest BCUT2D eigenvalue weighted by Gasteiger charge is 2.15. The minimum atomic E-state index is -3.83. The molecular weight excluding hydrogens is 322 g/mol. The second-order valence-electron chi connectivity index (χ2n) is 4.15. The smallest absolute Gasteiger partial charge is 0.339 e. The van der Waals surface area contributed by atoms with E-state index in [4.69, 9.17) is 9.92 Å². The van der Waals surface area contributed by atoms with Gasteiger partial charge in [-0.15, -0.1) is 0 Å². The molecule has 2 aromatic carbocycles. The largest absolute Gasteiger partial charge is 0.379 e. The third kappa shape index (κ3) is 4.54. The van der Waals surface area contributed by atoms with Crippen LogP contribution >= 0.6 is 12.2 Å². The zero-order chi connectivity index (χ0) is 16.0. The van der Waals surface area contributed by atoms with Gasteiger partial charge in [0.15, 0.2) is 5.11 Å². The van der Waals surface area contributed by atoms with Gasteiger partial charge in [-0.05, 0) is 54.2 Å². The summed E-state index contributed by atoms with van der Waals surface area (Å²) in [4.78, 5) is 0.0984. The molecule has 114 valence electrons. The van der Waals surface area contributed by atoms with Gasteiger partial charge in [-0.25, -0.2) is 0 Å². The molecule has 0 fully saturated rings. The summed E-state index contributed by atoms with van der Waals surface area (Å²) in [6.07, 6.45) is 1.49. The predicted molar refractivity (Wildman–Crippen MR) is 88.2 cm³/mol. The molecule has 0 aromatic heterocycles. The minimum absolute atomic E-state index is 0.0603. The number of hydrogen-bond donors (Lipinski definition) is 2. The van der Waals surface area contributed by atoms with Crippen LogP contribution in [0.5, 0.6) is 5.75 Å². The van der Waals surface area contributed by atoms with Gasteiger partial charge in [0.1, 0.15) is 10.6 Å². The van der Waals surface area contributed by atoms with Crippen molar-refractivity contribution in [3.05, 3.63) is 60.2 Å². The molecule has 0 aliphatic rings. The molecule has 0 saturated heterocycles. The van der Waals surface area contributed by atoms with Gasteiger partial charge < -0.3 is 9.92 Å². The van der Waals surface area contributed by atoms with Crippen molar-refractivity contribution in [2.75, 3.05) is 0 Å². The summed E-state index contributed by atoms with van der Waals surface area (Å²) >= 11 is 4.60. The number of rotatable bonds is 5. The molecule has 3 N–H and O–H groups in total. The van der Waals surface area contributed by atoms with Gasteiger partial charge in [0.05, 0.1) is 6.21 Å². The fourth-order valence-corrected chi connectivity index (χ4v) is 2.55. The highest BCUT2D eigenvalue weighted by Crippen LogP contribution is 2.18. The van der Waals surface area contributed by atoms with Gasteiger partial charge >= 0.3 is 10.1 Å². The summed E-state index contributed by atoms with van der Waals surface area (Å²) < 4.78 is 29.2. The summed E-state index contributed by atoms with van der Waals surface area (Å²) in [6.45, 7) is 0. The lowest BCUT2D eigenvalue weighted by Crippen LogP contribution is -2.23. The van der Waals surface area contributed by atoms with E-state index in [1.54, 1.807) is 30.3 Å². The lowest BCUT2D eigenvalue weighted by Gasteiger charge is -2.06. The Balaban J connectivity index is 2.08. The quantitative estimate of drug-likeness (QED) is 0.373. The van der Waals surface area contributed by atoms with Gasteiger partial charge in [0.2, 0.25) is 0 Å². The first kappa shape index (κ1) is 15.9. The summed E-state index contributed by atoms with van der Waals surface area (Å²) in [5.74, 6) is 0.211. The van der Waals surface area contributed by atoms with Crippen molar-refractivity contribution in [2.45, 2.75) is 4.90 Å². The van der Waals surface area contributed by atoms with E-state index in [2.05, 4.69) is 22.7 Å². The number of nitrogens with zero attached hydrogens (tertiary/aromatic N) is 1. The number of nitrogens with one attached hydrogen (secondary N) is 1. The van der Waals surface area contributed by atoms with Crippen molar-refractivity contribution in [3.63, 3.8) is 0 Å². The van der Waals surface area contributed by atoms with E-state index in [0.717, 1.165) is 5.56 Å². The number of nitrogens with two attached hydrogens (primary N) is 1. The molecule has 8 heteroatoms. The van der Waals surface area contributed by atoms with Crippen molar-refractivity contribution >= 4 is 33.7 Å². The van der Waals surface area contributed by atoms with E-state index >= 15 is 0 Å². The van der Waals surface area contributed by atoms with Crippen molar-refractivity contribution in [1.82, 2.24) is 5.43 Å². The number of hydrogen-bond acceptors (Lipinski definition) is 5. The molecule has 0 heterocycles. The molecular formula is C14H13N3O3S2. The fraction of sp³-hybridized carbons (Fsp3) is 0. The second-order valence-corrected chi connectivity index (χ2v) is 6.14. The SMILES string of the molecule is NC(=S)NN=Cc1ccc(OS(=O)(=O)c2ccccc2)cc1. The van der Waals surface area contributed by atoms with Crippen LogP contribution in [0.1, 0.15) is 5.56 Å². The van der Waals surface area contributed by atoms with Crippen LogP contribution in [0, 0.1) is 0 Å². The number of thiocarbonyl (C=S) groups is 1. The standard InChI is InChI=1S/C14H13N3O3S2/c15-14(21)17-16-10-11-6-8-12(9-7-11)20-22(18,19)13-4-2-1-3-5-13/h1-10H,(H3,15,17,21). The van der Waals surface area contributed by atoms with Crippen molar-refractivity contribution in [3.8, 4) is 5.75 Å². The highest BCUT2D eigenvalue weighted by atomic mass is 32.2. The van der Waals surface area contributed by atoms with Crippen LogP contribution in [0.25, 0.3) is 0 Å². The normalized spacial score (nSPS) is 11.3. The molecule has 2 aromatic rings. The van der Waals surface area contributed by atoms with Gasteiger partial charge in [-0.2, -0.15) is 13.5 Å². The maximum Gasteiger partial charge on any atom is 0.339 e. The molecule has 0 aliphatic heterocycles. The Kier molecular flexibility index (Phi) is 5.08. The van der Waals surface area contributed by atoms with Crippen LogP contribution in [0.2, 0.25) is 0 Å². The molecule has 0 unspecified atom stereocenters. The van der Waals surface area contributed by atoms with Crippen LogP contribution in [0.3, 0.4) is 0 Å². The Labute approximate surface area is 133 Å². The van der Waals surface area contributed by atoms with Crippen LogP contribution in [-0.2, 0) is 10.1 Å². The van der Waals surface area contributed by atoms with E-state index in [1.807, 2.05) is 0 Å². The summed E-state index contributed by atoms with van der Waals surface area (Å²) in [7, 11) is -3.83. The zero-order valence-electron chi connectivity index (χ0n) is 11.3. The number of hydrazone groups is 1. The first-order valence-electron chi connectivity index (χ1n) is 6.15. The Hall–Kier alpha value is -2.45. The highest BCUT2D eigenvalue weighted by molar-refractivity contribution is 7.87. The second kappa shape index (κ2) is 7.01. The molecule has 2 rings (SSSR count). The molecule has 0 radical (unpaired) electrons. The Morgan fingerprint density at radius 3 is 2.36 bits per heavy atom. The monoisotopic (exact) mass is 335 g/mol.